The third kappa shape index (κ3) is 2.43. The molecule has 2 atom stereocenters. The summed E-state index contributed by atoms with van der Waals surface area (Å²) in [6.07, 6.45) is 1.14. The highest BCUT2D eigenvalue weighted by molar-refractivity contribution is 5.99. The quantitative estimate of drug-likeness (QED) is 0.645. The van der Waals surface area contributed by atoms with E-state index in [1.165, 1.54) is 5.56 Å². The van der Waals surface area contributed by atoms with Gasteiger partial charge in [-0.15, -0.1) is 0 Å². The number of aliphatic hydroxyl groups is 1. The zero-order valence-corrected chi connectivity index (χ0v) is 16.0. The monoisotopic (exact) mass is 375 g/mol. The Labute approximate surface area is 164 Å². The van der Waals surface area contributed by atoms with E-state index in [1.807, 2.05) is 60.1 Å². The number of aryl methyl sites for hydroxylation is 1. The van der Waals surface area contributed by atoms with E-state index in [0.29, 0.717) is 5.69 Å². The van der Waals surface area contributed by atoms with E-state index in [4.69, 9.17) is 0 Å². The highest BCUT2D eigenvalue weighted by Crippen LogP contribution is 2.50. The van der Waals surface area contributed by atoms with Gasteiger partial charge in [-0.3, -0.25) is 4.79 Å². The Balaban J connectivity index is 1.51. The molecule has 0 saturated carbocycles. The SMILES string of the molecule is Cn1c(C(=O)N[C@H]2c3ccccc3C3(CCNCC3)[C@@H]2O)cc2ccccc21. The number of benzene rings is 2. The molecule has 1 amide bonds. The predicted molar refractivity (Wildman–Crippen MR) is 109 cm³/mol. The molecular weight excluding hydrogens is 350 g/mol. The number of nitrogens with one attached hydrogen (secondary N) is 2. The molecule has 1 aliphatic heterocycles. The van der Waals surface area contributed by atoms with Gasteiger partial charge in [0, 0.05) is 23.4 Å². The normalized spacial score (nSPS) is 23.1. The second kappa shape index (κ2) is 6.47. The van der Waals surface area contributed by atoms with Gasteiger partial charge in [0.15, 0.2) is 0 Å². The summed E-state index contributed by atoms with van der Waals surface area (Å²) < 4.78 is 1.91. The minimum atomic E-state index is -0.620. The molecule has 144 valence electrons. The second-order valence-corrected chi connectivity index (χ2v) is 8.04. The fourth-order valence-corrected chi connectivity index (χ4v) is 5.19. The molecule has 2 heterocycles. The number of fused-ring (bicyclic) bond motifs is 3. The zero-order chi connectivity index (χ0) is 19.3. The number of aliphatic hydroxyl groups excluding tert-OH is 1. The fraction of sp³-hybridized carbons (Fsp3) is 0.348. The first kappa shape index (κ1) is 17.5. The number of carbonyl (C=O) groups is 1. The summed E-state index contributed by atoms with van der Waals surface area (Å²) in [6, 6.07) is 17.7. The van der Waals surface area contributed by atoms with Gasteiger partial charge in [0.05, 0.1) is 12.1 Å². The Morgan fingerprint density at radius 3 is 2.64 bits per heavy atom. The molecule has 1 spiro atoms. The average molecular weight is 375 g/mol. The summed E-state index contributed by atoms with van der Waals surface area (Å²) in [7, 11) is 1.91. The Hall–Kier alpha value is -2.63. The van der Waals surface area contributed by atoms with Gasteiger partial charge >= 0.3 is 0 Å². The maximum absolute atomic E-state index is 13.2. The van der Waals surface area contributed by atoms with Crippen molar-refractivity contribution < 1.29 is 9.90 Å². The molecule has 1 aliphatic carbocycles. The van der Waals surface area contributed by atoms with E-state index in [1.54, 1.807) is 0 Å². The summed E-state index contributed by atoms with van der Waals surface area (Å²) in [5, 5.41) is 18.9. The van der Waals surface area contributed by atoms with Crippen molar-refractivity contribution >= 4 is 16.8 Å². The molecule has 2 aliphatic rings. The first-order valence-corrected chi connectivity index (χ1v) is 9.95. The Kier molecular flexibility index (Phi) is 4.03. The first-order chi connectivity index (χ1) is 13.6. The maximum atomic E-state index is 13.2. The summed E-state index contributed by atoms with van der Waals surface area (Å²) >= 11 is 0. The second-order valence-electron chi connectivity index (χ2n) is 8.04. The van der Waals surface area contributed by atoms with Crippen LogP contribution in [0.4, 0.5) is 0 Å². The van der Waals surface area contributed by atoms with Gasteiger partial charge in [-0.2, -0.15) is 0 Å². The number of para-hydroxylation sites is 1. The summed E-state index contributed by atoms with van der Waals surface area (Å²) in [4.78, 5) is 13.2. The summed E-state index contributed by atoms with van der Waals surface area (Å²) in [5.41, 5.74) is 3.58. The zero-order valence-electron chi connectivity index (χ0n) is 16.0. The van der Waals surface area contributed by atoms with Crippen LogP contribution in [0.25, 0.3) is 10.9 Å². The van der Waals surface area contributed by atoms with Gasteiger partial charge < -0.3 is 20.3 Å². The van der Waals surface area contributed by atoms with E-state index in [0.717, 1.165) is 42.4 Å². The van der Waals surface area contributed by atoms with Crippen molar-refractivity contribution in [3.05, 3.63) is 71.4 Å². The first-order valence-electron chi connectivity index (χ1n) is 9.95. The number of amides is 1. The van der Waals surface area contributed by atoms with Crippen LogP contribution in [0, 0.1) is 0 Å². The molecule has 0 unspecified atom stereocenters. The molecule has 0 radical (unpaired) electrons. The van der Waals surface area contributed by atoms with Crippen molar-refractivity contribution in [2.45, 2.75) is 30.4 Å². The van der Waals surface area contributed by atoms with Crippen molar-refractivity contribution in [1.82, 2.24) is 15.2 Å². The van der Waals surface area contributed by atoms with Crippen LogP contribution in [0.5, 0.6) is 0 Å². The van der Waals surface area contributed by atoms with Crippen LogP contribution in [0.15, 0.2) is 54.6 Å². The van der Waals surface area contributed by atoms with Crippen LogP contribution in [-0.2, 0) is 12.5 Å². The van der Waals surface area contributed by atoms with E-state index in [-0.39, 0.29) is 17.4 Å². The minimum Gasteiger partial charge on any atom is -0.390 e. The summed E-state index contributed by atoms with van der Waals surface area (Å²) in [6.45, 7) is 1.77. The molecule has 1 fully saturated rings. The van der Waals surface area contributed by atoms with E-state index >= 15 is 0 Å². The largest absolute Gasteiger partial charge is 0.390 e. The van der Waals surface area contributed by atoms with Crippen LogP contribution in [0.3, 0.4) is 0 Å². The third-order valence-corrected chi connectivity index (χ3v) is 6.68. The van der Waals surface area contributed by atoms with Crippen molar-refractivity contribution in [2.24, 2.45) is 7.05 Å². The highest BCUT2D eigenvalue weighted by atomic mass is 16.3. The lowest BCUT2D eigenvalue weighted by atomic mass is 9.72. The molecule has 0 bridgehead atoms. The van der Waals surface area contributed by atoms with Crippen LogP contribution < -0.4 is 10.6 Å². The lowest BCUT2D eigenvalue weighted by Crippen LogP contribution is -2.48. The van der Waals surface area contributed by atoms with E-state index in [2.05, 4.69) is 16.7 Å². The van der Waals surface area contributed by atoms with Gasteiger partial charge in [-0.05, 0) is 49.2 Å². The van der Waals surface area contributed by atoms with Crippen molar-refractivity contribution in [2.75, 3.05) is 13.1 Å². The van der Waals surface area contributed by atoms with Crippen LogP contribution in [0.1, 0.15) is 40.5 Å². The molecule has 3 N–H and O–H groups in total. The van der Waals surface area contributed by atoms with Crippen LogP contribution >= 0.6 is 0 Å². The van der Waals surface area contributed by atoms with E-state index in [9.17, 15) is 9.90 Å². The van der Waals surface area contributed by atoms with Gasteiger partial charge in [0.2, 0.25) is 0 Å². The molecule has 1 aromatic heterocycles. The smallest absolute Gasteiger partial charge is 0.268 e. The van der Waals surface area contributed by atoms with E-state index < -0.39 is 6.10 Å². The standard InChI is InChI=1S/C23H25N3O2/c1-26-18-9-5-2-6-15(18)14-19(26)22(28)25-20-16-7-3-4-8-17(16)23(21(20)27)10-12-24-13-11-23/h2-9,14,20-21,24,27H,10-13H2,1H3,(H,25,28)/t20-,21+/m0/s1. The molecule has 2 aromatic carbocycles. The third-order valence-electron chi connectivity index (χ3n) is 6.68. The number of hydrogen-bond donors (Lipinski definition) is 3. The fourth-order valence-electron chi connectivity index (χ4n) is 5.19. The Morgan fingerprint density at radius 1 is 1.14 bits per heavy atom. The molecule has 5 rings (SSSR count). The summed E-state index contributed by atoms with van der Waals surface area (Å²) in [5.74, 6) is -0.150. The van der Waals surface area contributed by atoms with Gasteiger partial charge in [-0.1, -0.05) is 42.5 Å². The molecule has 5 nitrogen and oxygen atoms in total. The molecule has 1 saturated heterocycles. The van der Waals surface area contributed by atoms with Crippen molar-refractivity contribution in [3.63, 3.8) is 0 Å². The van der Waals surface area contributed by atoms with Crippen LogP contribution in [0.2, 0.25) is 0 Å². The molecular formula is C23H25N3O2. The number of aromatic nitrogens is 1. The van der Waals surface area contributed by atoms with Crippen molar-refractivity contribution in [1.29, 1.82) is 0 Å². The molecule has 28 heavy (non-hydrogen) atoms. The predicted octanol–water partition coefficient (Wildman–Crippen LogP) is 2.65. The number of hydrogen-bond acceptors (Lipinski definition) is 3. The average Bonchev–Trinajstić information content (AvgIpc) is 3.18. The minimum absolute atomic E-state index is 0.150. The maximum Gasteiger partial charge on any atom is 0.268 e. The van der Waals surface area contributed by atoms with Gasteiger partial charge in [0.25, 0.3) is 5.91 Å². The lowest BCUT2D eigenvalue weighted by molar-refractivity contribution is 0.0416. The molecule has 5 heteroatoms. The van der Waals surface area contributed by atoms with Crippen LogP contribution in [-0.4, -0.2) is 34.8 Å². The number of piperidine rings is 1. The molecule has 3 aromatic rings. The van der Waals surface area contributed by atoms with Gasteiger partial charge in [-0.25, -0.2) is 0 Å². The number of carbonyl (C=O) groups excluding carboxylic acids is 1. The lowest BCUT2D eigenvalue weighted by Gasteiger charge is -2.38. The Bertz CT molecular complexity index is 1050. The Morgan fingerprint density at radius 2 is 1.86 bits per heavy atom. The number of nitrogens with zero attached hydrogens (tertiary/aromatic N) is 1. The van der Waals surface area contributed by atoms with Crippen molar-refractivity contribution in [3.8, 4) is 0 Å². The topological polar surface area (TPSA) is 66.3 Å². The highest BCUT2D eigenvalue weighted by Gasteiger charge is 2.52. The van der Waals surface area contributed by atoms with Gasteiger partial charge in [0.1, 0.15) is 5.69 Å². The number of rotatable bonds is 2.